The number of carbonyl (C=O) groups excluding carboxylic acids is 3. The molecule has 0 radical (unpaired) electrons. The molecule has 0 spiro atoms. The summed E-state index contributed by atoms with van der Waals surface area (Å²) in [4.78, 5) is 41.2. The molecule has 0 aliphatic carbocycles. The number of hydrogen-bond donors (Lipinski definition) is 3. The Kier molecular flexibility index (Phi) is 12.0. The number of ether oxygens (including phenoxy) is 2. The summed E-state index contributed by atoms with van der Waals surface area (Å²) in [6.45, 7) is 0. The molecule has 11 heteroatoms. The average Bonchev–Trinajstić information content (AvgIpc) is 3.11. The Morgan fingerprint density at radius 2 is 1.39 bits per heavy atom. The van der Waals surface area contributed by atoms with E-state index in [-0.39, 0.29) is 11.6 Å². The second-order valence-corrected chi connectivity index (χ2v) is 12.5. The molecule has 49 heavy (non-hydrogen) atoms. The highest BCUT2D eigenvalue weighted by molar-refractivity contribution is 8.00. The van der Waals surface area contributed by atoms with E-state index in [1.807, 2.05) is 36.4 Å². The fourth-order valence-corrected chi connectivity index (χ4v) is 6.23. The summed E-state index contributed by atoms with van der Waals surface area (Å²) in [5.74, 6) is -0.249. The molecule has 1 atom stereocenters. The molecule has 0 aromatic heterocycles. The van der Waals surface area contributed by atoms with Crippen molar-refractivity contribution in [2.45, 2.75) is 10.1 Å². The van der Waals surface area contributed by atoms with Crippen LogP contribution in [0.2, 0.25) is 10.0 Å². The van der Waals surface area contributed by atoms with Gasteiger partial charge < -0.3 is 25.4 Å². The van der Waals surface area contributed by atoms with E-state index in [9.17, 15) is 14.4 Å². The maximum absolute atomic E-state index is 13.8. The molecule has 3 N–H and O–H groups in total. The van der Waals surface area contributed by atoms with Crippen LogP contribution in [-0.2, 0) is 9.59 Å². The van der Waals surface area contributed by atoms with Crippen LogP contribution in [0.4, 0.5) is 11.4 Å². The highest BCUT2D eigenvalue weighted by Gasteiger charge is 2.23. The van der Waals surface area contributed by atoms with E-state index in [0.717, 1.165) is 5.56 Å². The smallest absolute Gasteiger partial charge is 0.272 e. The van der Waals surface area contributed by atoms with Gasteiger partial charge in [-0.3, -0.25) is 14.4 Å². The van der Waals surface area contributed by atoms with Crippen LogP contribution >= 0.6 is 35.0 Å². The minimum absolute atomic E-state index is 0.0358. The van der Waals surface area contributed by atoms with Gasteiger partial charge in [0.05, 0.1) is 14.2 Å². The number of methoxy groups -OCH3 is 2. The van der Waals surface area contributed by atoms with E-state index < -0.39 is 17.1 Å². The van der Waals surface area contributed by atoms with E-state index in [1.165, 1.54) is 32.1 Å². The van der Waals surface area contributed by atoms with E-state index in [0.29, 0.717) is 48.9 Å². The summed E-state index contributed by atoms with van der Waals surface area (Å²) in [5, 5.41) is 8.64. The van der Waals surface area contributed by atoms with Gasteiger partial charge in [-0.2, -0.15) is 0 Å². The highest BCUT2D eigenvalue weighted by Crippen LogP contribution is 2.38. The van der Waals surface area contributed by atoms with E-state index in [2.05, 4.69) is 16.0 Å². The molecule has 0 bridgehead atoms. The molecule has 248 valence electrons. The number of anilines is 2. The monoisotopic (exact) mass is 711 g/mol. The zero-order valence-corrected chi connectivity index (χ0v) is 28.7. The fourth-order valence-electron chi connectivity index (χ4n) is 4.69. The Morgan fingerprint density at radius 1 is 0.714 bits per heavy atom. The first-order valence-electron chi connectivity index (χ1n) is 14.9. The third-order valence-electron chi connectivity index (χ3n) is 7.10. The minimum atomic E-state index is -0.656. The van der Waals surface area contributed by atoms with Crippen LogP contribution in [0.1, 0.15) is 26.7 Å². The van der Waals surface area contributed by atoms with Gasteiger partial charge in [0.25, 0.3) is 11.8 Å². The van der Waals surface area contributed by atoms with Gasteiger partial charge in [-0.05, 0) is 59.7 Å². The van der Waals surface area contributed by atoms with Crippen molar-refractivity contribution in [2.75, 3.05) is 24.9 Å². The van der Waals surface area contributed by atoms with Crippen LogP contribution in [-0.4, -0.2) is 31.9 Å². The van der Waals surface area contributed by atoms with Gasteiger partial charge in [-0.1, -0.05) is 83.9 Å². The normalized spacial score (nSPS) is 11.6. The van der Waals surface area contributed by atoms with Crippen molar-refractivity contribution in [1.82, 2.24) is 5.32 Å². The second kappa shape index (κ2) is 16.7. The maximum Gasteiger partial charge on any atom is 0.272 e. The summed E-state index contributed by atoms with van der Waals surface area (Å²) >= 11 is 13.8. The lowest BCUT2D eigenvalue weighted by Gasteiger charge is -2.18. The van der Waals surface area contributed by atoms with Crippen molar-refractivity contribution in [1.29, 1.82) is 0 Å². The molecule has 0 saturated carbocycles. The molecule has 0 fully saturated rings. The Hall–Kier alpha value is -5.22. The number of nitrogens with one attached hydrogen (secondary N) is 3. The minimum Gasteiger partial charge on any atom is -0.497 e. The zero-order chi connectivity index (χ0) is 34.8. The molecule has 0 saturated heterocycles. The van der Waals surface area contributed by atoms with E-state index >= 15 is 0 Å². The molecule has 0 aliphatic heterocycles. The Bertz CT molecular complexity index is 1970. The van der Waals surface area contributed by atoms with Crippen molar-refractivity contribution in [3.63, 3.8) is 0 Å². The first-order chi connectivity index (χ1) is 23.7. The molecular weight excluding hydrogens is 681 g/mol. The Balaban J connectivity index is 1.39. The van der Waals surface area contributed by atoms with Crippen molar-refractivity contribution in [3.8, 4) is 11.5 Å². The molecule has 8 nitrogen and oxygen atoms in total. The number of thioether (sulfide) groups is 1. The van der Waals surface area contributed by atoms with E-state index in [4.69, 9.17) is 32.7 Å². The lowest BCUT2D eigenvalue weighted by Crippen LogP contribution is -2.30. The van der Waals surface area contributed by atoms with Crippen LogP contribution in [0.15, 0.2) is 132 Å². The summed E-state index contributed by atoms with van der Waals surface area (Å²) in [6, 6.07) is 35.0. The molecule has 5 aromatic rings. The van der Waals surface area contributed by atoms with Crippen LogP contribution in [0.25, 0.3) is 6.08 Å². The molecule has 3 amide bonds. The number of halogens is 2. The topological polar surface area (TPSA) is 106 Å². The summed E-state index contributed by atoms with van der Waals surface area (Å²) < 4.78 is 10.7. The van der Waals surface area contributed by atoms with Gasteiger partial charge in [0, 0.05) is 50.1 Å². The molecular formula is C38H31Cl2N3O5S. The van der Waals surface area contributed by atoms with Crippen LogP contribution in [0, 0.1) is 0 Å². The SMILES string of the molecule is COc1cc(NC(=O)C(Sc2cccc(NC(=O)/C(=C\c3ccc(Cl)cc3Cl)NC(=O)c3ccccc3)c2)c2ccccc2)cc(OC)c1. The van der Waals surface area contributed by atoms with Gasteiger partial charge in [-0.15, -0.1) is 11.8 Å². The van der Waals surface area contributed by atoms with Crippen LogP contribution < -0.4 is 25.4 Å². The predicted octanol–water partition coefficient (Wildman–Crippen LogP) is 8.89. The first kappa shape index (κ1) is 35.1. The third-order valence-corrected chi connectivity index (χ3v) is 8.91. The fraction of sp³-hybridized carbons (Fsp3) is 0.0789. The second-order valence-electron chi connectivity index (χ2n) is 10.5. The number of benzene rings is 5. The molecule has 1 unspecified atom stereocenters. The quantitative estimate of drug-likeness (QED) is 0.0882. The molecule has 5 rings (SSSR count). The Labute approximate surface area is 298 Å². The number of hydrogen-bond acceptors (Lipinski definition) is 6. The molecule has 5 aromatic carbocycles. The predicted molar refractivity (Wildman–Crippen MR) is 197 cm³/mol. The number of carbonyl (C=O) groups is 3. The highest BCUT2D eigenvalue weighted by atomic mass is 35.5. The van der Waals surface area contributed by atoms with Gasteiger partial charge >= 0.3 is 0 Å². The van der Waals surface area contributed by atoms with Gasteiger partial charge in [-0.25, -0.2) is 0 Å². The van der Waals surface area contributed by atoms with Crippen molar-refractivity contribution >= 4 is 70.1 Å². The number of rotatable bonds is 12. The summed E-state index contributed by atoms with van der Waals surface area (Å²) in [6.07, 6.45) is 1.48. The average molecular weight is 713 g/mol. The maximum atomic E-state index is 13.8. The van der Waals surface area contributed by atoms with Gasteiger partial charge in [0.1, 0.15) is 22.4 Å². The van der Waals surface area contributed by atoms with Crippen molar-refractivity contribution < 1.29 is 23.9 Å². The molecule has 0 heterocycles. The van der Waals surface area contributed by atoms with Crippen LogP contribution in [0.3, 0.4) is 0 Å². The lowest BCUT2D eigenvalue weighted by molar-refractivity contribution is -0.116. The lowest BCUT2D eigenvalue weighted by atomic mass is 10.1. The third kappa shape index (κ3) is 9.67. The Morgan fingerprint density at radius 3 is 2.04 bits per heavy atom. The summed E-state index contributed by atoms with van der Waals surface area (Å²) in [7, 11) is 3.08. The standard InChI is InChI=1S/C38H31Cl2N3O5S/c1-47-30-20-29(21-31(23-30)48-2)42-38(46)35(24-10-5-3-6-11-24)49-32-15-9-14-28(22-32)41-37(45)34(18-26-16-17-27(39)19-33(26)40)43-36(44)25-12-7-4-8-13-25/h3-23,35H,1-2H3,(H,41,45)(H,42,46)(H,43,44)/b34-18+. The number of amides is 3. The van der Waals surface area contributed by atoms with Gasteiger partial charge in [0.2, 0.25) is 5.91 Å². The zero-order valence-electron chi connectivity index (χ0n) is 26.4. The van der Waals surface area contributed by atoms with Crippen molar-refractivity contribution in [2.24, 2.45) is 0 Å². The van der Waals surface area contributed by atoms with Gasteiger partial charge in [0.15, 0.2) is 0 Å². The molecule has 0 aliphatic rings. The largest absolute Gasteiger partial charge is 0.497 e. The summed E-state index contributed by atoms with van der Waals surface area (Å²) in [5.41, 5.74) is 2.57. The first-order valence-corrected chi connectivity index (χ1v) is 16.6. The van der Waals surface area contributed by atoms with Crippen LogP contribution in [0.5, 0.6) is 11.5 Å². The van der Waals surface area contributed by atoms with Crippen molar-refractivity contribution in [3.05, 3.63) is 154 Å². The van der Waals surface area contributed by atoms with E-state index in [1.54, 1.807) is 84.9 Å².